The van der Waals surface area contributed by atoms with E-state index in [9.17, 15) is 17.6 Å². The van der Waals surface area contributed by atoms with E-state index in [1.54, 1.807) is 31.2 Å². The van der Waals surface area contributed by atoms with Crippen LogP contribution in [0.15, 0.2) is 70.5 Å². The first-order chi connectivity index (χ1) is 13.7. The molecule has 0 saturated carbocycles. The second-order valence-corrected chi connectivity index (χ2v) is 8.64. The van der Waals surface area contributed by atoms with Crippen LogP contribution in [0.4, 0.5) is 4.39 Å². The van der Waals surface area contributed by atoms with Crippen molar-refractivity contribution in [3.05, 3.63) is 77.1 Å². The number of hydrogen-bond donors (Lipinski definition) is 1. The van der Waals surface area contributed by atoms with Crippen LogP contribution in [0.2, 0.25) is 5.02 Å². The number of carboxylic acid groups (broad SMARTS) is 1. The van der Waals surface area contributed by atoms with Crippen molar-refractivity contribution in [3.8, 4) is 16.9 Å². The average molecular weight is 435 g/mol. The lowest BCUT2D eigenvalue weighted by atomic mass is 10.00. The van der Waals surface area contributed by atoms with Crippen molar-refractivity contribution in [2.75, 3.05) is 6.61 Å². The Morgan fingerprint density at radius 2 is 1.66 bits per heavy atom. The fraction of sp³-hybridized carbons (Fsp3) is 0.0952. The predicted octanol–water partition coefficient (Wildman–Crippen LogP) is 4.75. The molecule has 29 heavy (non-hydrogen) atoms. The smallest absolute Gasteiger partial charge is 0.341 e. The fourth-order valence-corrected chi connectivity index (χ4v) is 4.35. The topological polar surface area (TPSA) is 80.7 Å². The summed E-state index contributed by atoms with van der Waals surface area (Å²) in [5.74, 6) is -1.33. The lowest BCUT2D eigenvalue weighted by molar-refractivity contribution is -0.139. The molecule has 1 N–H and O–H groups in total. The molecule has 3 aromatic carbocycles. The Kier molecular flexibility index (Phi) is 5.91. The van der Waals surface area contributed by atoms with Crippen molar-refractivity contribution in [1.82, 2.24) is 0 Å². The zero-order valence-electron chi connectivity index (χ0n) is 15.2. The van der Waals surface area contributed by atoms with Crippen molar-refractivity contribution in [1.29, 1.82) is 0 Å². The van der Waals surface area contributed by atoms with Gasteiger partial charge < -0.3 is 9.84 Å². The lowest BCUT2D eigenvalue weighted by Gasteiger charge is -2.14. The molecule has 0 unspecified atom stereocenters. The summed E-state index contributed by atoms with van der Waals surface area (Å²) < 4.78 is 44.1. The van der Waals surface area contributed by atoms with Gasteiger partial charge >= 0.3 is 5.97 Å². The van der Waals surface area contributed by atoms with Gasteiger partial charge in [0, 0.05) is 10.6 Å². The van der Waals surface area contributed by atoms with Crippen LogP contribution in [0.25, 0.3) is 11.1 Å². The molecule has 0 fully saturated rings. The number of halogens is 2. The van der Waals surface area contributed by atoms with E-state index in [1.807, 2.05) is 0 Å². The highest BCUT2D eigenvalue weighted by Crippen LogP contribution is 2.36. The molecule has 0 bridgehead atoms. The number of carboxylic acids is 1. The highest BCUT2D eigenvalue weighted by Gasteiger charge is 2.20. The SMILES string of the molecule is Cc1cc(S(=O)(=O)c2ccc(F)cc2)ccc1-c1cc(Cl)ccc1OCC(=O)O. The van der Waals surface area contributed by atoms with E-state index in [0.29, 0.717) is 27.5 Å². The number of hydrogen-bond acceptors (Lipinski definition) is 4. The van der Waals surface area contributed by atoms with Crippen LogP contribution in [-0.4, -0.2) is 26.1 Å². The van der Waals surface area contributed by atoms with Crippen molar-refractivity contribution in [2.24, 2.45) is 0 Å². The summed E-state index contributed by atoms with van der Waals surface area (Å²) in [5.41, 5.74) is 1.81. The van der Waals surface area contributed by atoms with Crippen LogP contribution < -0.4 is 4.74 Å². The first-order valence-electron chi connectivity index (χ1n) is 8.44. The normalized spacial score (nSPS) is 11.3. The molecule has 8 heteroatoms. The van der Waals surface area contributed by atoms with E-state index in [2.05, 4.69) is 0 Å². The van der Waals surface area contributed by atoms with Gasteiger partial charge in [-0.25, -0.2) is 17.6 Å². The molecule has 0 radical (unpaired) electrons. The zero-order chi connectivity index (χ0) is 21.2. The monoisotopic (exact) mass is 434 g/mol. The van der Waals surface area contributed by atoms with Crippen molar-refractivity contribution in [2.45, 2.75) is 16.7 Å². The molecule has 0 heterocycles. The number of rotatable bonds is 6. The van der Waals surface area contributed by atoms with Crippen LogP contribution >= 0.6 is 11.6 Å². The summed E-state index contributed by atoms with van der Waals surface area (Å²) >= 11 is 6.08. The number of ether oxygens (including phenoxy) is 1. The molecule has 3 aromatic rings. The van der Waals surface area contributed by atoms with Gasteiger partial charge in [0.1, 0.15) is 11.6 Å². The van der Waals surface area contributed by atoms with Crippen molar-refractivity contribution >= 4 is 27.4 Å². The van der Waals surface area contributed by atoms with Gasteiger partial charge in [0.2, 0.25) is 9.84 Å². The minimum absolute atomic E-state index is 0.0145. The Morgan fingerprint density at radius 1 is 1.00 bits per heavy atom. The first kappa shape index (κ1) is 20.8. The maximum absolute atomic E-state index is 13.1. The van der Waals surface area contributed by atoms with E-state index in [-0.39, 0.29) is 9.79 Å². The molecule has 0 aliphatic heterocycles. The summed E-state index contributed by atoms with van der Waals surface area (Å²) in [6.07, 6.45) is 0. The zero-order valence-corrected chi connectivity index (χ0v) is 16.8. The molecule has 150 valence electrons. The summed E-state index contributed by atoms with van der Waals surface area (Å²) in [5, 5.41) is 9.28. The largest absolute Gasteiger partial charge is 0.481 e. The highest BCUT2D eigenvalue weighted by molar-refractivity contribution is 7.91. The van der Waals surface area contributed by atoms with Crippen molar-refractivity contribution in [3.63, 3.8) is 0 Å². The predicted molar refractivity (Wildman–Crippen MR) is 107 cm³/mol. The third-order valence-corrected chi connectivity index (χ3v) is 6.22. The van der Waals surface area contributed by atoms with Gasteiger partial charge in [-0.05, 0) is 72.6 Å². The van der Waals surface area contributed by atoms with Gasteiger partial charge in [0.15, 0.2) is 6.61 Å². The molecule has 0 saturated heterocycles. The van der Waals surface area contributed by atoms with E-state index >= 15 is 0 Å². The van der Waals surface area contributed by atoms with Gasteiger partial charge in [-0.2, -0.15) is 0 Å². The van der Waals surface area contributed by atoms with E-state index in [1.165, 1.54) is 24.3 Å². The molecule has 0 aliphatic carbocycles. The molecule has 0 aliphatic rings. The minimum Gasteiger partial charge on any atom is -0.481 e. The molecule has 5 nitrogen and oxygen atoms in total. The molecular formula is C21H16ClFO5S. The molecule has 0 atom stereocenters. The molecule has 0 aromatic heterocycles. The van der Waals surface area contributed by atoms with E-state index in [4.69, 9.17) is 21.4 Å². The Labute approximate surface area is 172 Å². The fourth-order valence-electron chi connectivity index (χ4n) is 2.83. The van der Waals surface area contributed by atoms with E-state index in [0.717, 1.165) is 12.1 Å². The van der Waals surface area contributed by atoms with Crippen molar-refractivity contribution < 1.29 is 27.4 Å². The Balaban J connectivity index is 2.03. The summed E-state index contributed by atoms with van der Waals surface area (Å²) in [6.45, 7) is 1.20. The molecule has 3 rings (SSSR count). The molecule has 0 amide bonds. The maximum Gasteiger partial charge on any atom is 0.341 e. The van der Waals surface area contributed by atoms with Crippen LogP contribution in [0.5, 0.6) is 5.75 Å². The first-order valence-corrected chi connectivity index (χ1v) is 10.3. The van der Waals surface area contributed by atoms with Gasteiger partial charge in [-0.1, -0.05) is 17.7 Å². The van der Waals surface area contributed by atoms with E-state index < -0.39 is 28.2 Å². The maximum atomic E-state index is 13.1. The molecule has 0 spiro atoms. The Bertz CT molecular complexity index is 1170. The number of benzene rings is 3. The second kappa shape index (κ2) is 8.23. The molecular weight excluding hydrogens is 419 g/mol. The number of aliphatic carboxylic acids is 1. The van der Waals surface area contributed by atoms with Gasteiger partial charge in [0.05, 0.1) is 9.79 Å². The number of aryl methyl sites for hydroxylation is 1. The average Bonchev–Trinajstić information content (AvgIpc) is 2.67. The van der Waals surface area contributed by atoms with Crippen LogP contribution in [0.3, 0.4) is 0 Å². The standard InChI is InChI=1S/C21H16ClFO5S/c1-13-10-17(29(26,27)16-5-3-15(23)4-6-16)7-8-18(13)19-11-14(22)2-9-20(19)28-12-21(24)25/h2-11H,12H2,1H3,(H,24,25). The summed E-state index contributed by atoms with van der Waals surface area (Å²) in [6, 6.07) is 13.9. The van der Waals surface area contributed by atoms with Gasteiger partial charge in [-0.15, -0.1) is 0 Å². The lowest BCUT2D eigenvalue weighted by Crippen LogP contribution is -2.10. The quantitative estimate of drug-likeness (QED) is 0.566. The third-order valence-electron chi connectivity index (χ3n) is 4.22. The van der Waals surface area contributed by atoms with Gasteiger partial charge in [0.25, 0.3) is 0 Å². The summed E-state index contributed by atoms with van der Waals surface area (Å²) in [4.78, 5) is 10.9. The third kappa shape index (κ3) is 4.58. The van der Waals surface area contributed by atoms with Crippen LogP contribution in [-0.2, 0) is 14.6 Å². The number of carbonyl (C=O) groups is 1. The minimum atomic E-state index is -3.82. The number of sulfone groups is 1. The highest BCUT2D eigenvalue weighted by atomic mass is 35.5. The second-order valence-electron chi connectivity index (χ2n) is 6.26. The summed E-state index contributed by atoms with van der Waals surface area (Å²) in [7, 11) is -3.82. The van der Waals surface area contributed by atoms with Crippen LogP contribution in [0, 0.1) is 12.7 Å². The van der Waals surface area contributed by atoms with Crippen LogP contribution in [0.1, 0.15) is 5.56 Å². The Hall–Kier alpha value is -2.90. The van der Waals surface area contributed by atoms with Gasteiger partial charge in [-0.3, -0.25) is 0 Å². The Morgan fingerprint density at radius 3 is 2.28 bits per heavy atom.